The van der Waals surface area contributed by atoms with Crippen LogP contribution < -0.4 is 10.0 Å². The van der Waals surface area contributed by atoms with Crippen LogP contribution >= 0.6 is 0 Å². The van der Waals surface area contributed by atoms with Gasteiger partial charge in [0, 0.05) is 18.8 Å². The van der Waals surface area contributed by atoms with Crippen molar-refractivity contribution < 1.29 is 21.6 Å². The van der Waals surface area contributed by atoms with Crippen molar-refractivity contribution in [2.24, 2.45) is 0 Å². The Morgan fingerprint density at radius 3 is 2.30 bits per heavy atom. The number of piperidine rings is 1. The molecule has 0 bridgehead atoms. The van der Waals surface area contributed by atoms with Gasteiger partial charge in [-0.1, -0.05) is 24.6 Å². The van der Waals surface area contributed by atoms with Gasteiger partial charge < -0.3 is 5.32 Å². The summed E-state index contributed by atoms with van der Waals surface area (Å²) < 4.78 is 53.1. The number of hydrogen-bond acceptors (Lipinski definition) is 5. The van der Waals surface area contributed by atoms with Gasteiger partial charge in [0.05, 0.1) is 22.4 Å². The van der Waals surface area contributed by atoms with Gasteiger partial charge in [-0.15, -0.1) is 0 Å². The summed E-state index contributed by atoms with van der Waals surface area (Å²) >= 11 is 0. The van der Waals surface area contributed by atoms with Crippen LogP contribution in [0.3, 0.4) is 0 Å². The van der Waals surface area contributed by atoms with E-state index in [1.54, 1.807) is 31.2 Å². The van der Waals surface area contributed by atoms with Gasteiger partial charge >= 0.3 is 0 Å². The van der Waals surface area contributed by atoms with E-state index in [0.29, 0.717) is 30.0 Å². The average molecular weight is 452 g/mol. The Morgan fingerprint density at radius 1 is 0.967 bits per heavy atom. The molecule has 0 atom stereocenters. The second-order valence-corrected chi connectivity index (χ2v) is 11.0. The fourth-order valence-corrected chi connectivity index (χ4v) is 5.66. The van der Waals surface area contributed by atoms with Crippen LogP contribution in [0.2, 0.25) is 0 Å². The van der Waals surface area contributed by atoms with Crippen LogP contribution in [0.1, 0.15) is 35.2 Å². The molecule has 0 aromatic heterocycles. The molecule has 2 aromatic rings. The van der Waals surface area contributed by atoms with Crippen LogP contribution in [0.25, 0.3) is 0 Å². The van der Waals surface area contributed by atoms with Crippen molar-refractivity contribution in [1.82, 2.24) is 4.31 Å². The lowest BCUT2D eigenvalue weighted by Crippen LogP contribution is -2.36. The third-order valence-corrected chi connectivity index (χ3v) is 7.40. The van der Waals surface area contributed by atoms with Crippen molar-refractivity contribution in [3.8, 4) is 0 Å². The van der Waals surface area contributed by atoms with Gasteiger partial charge in [0.25, 0.3) is 5.91 Å². The molecule has 0 spiro atoms. The van der Waals surface area contributed by atoms with Crippen molar-refractivity contribution in [1.29, 1.82) is 0 Å². The Bertz CT molecular complexity index is 1150. The molecule has 1 heterocycles. The Hall–Kier alpha value is -2.43. The molecule has 10 heteroatoms. The maximum absolute atomic E-state index is 13.1. The first-order valence-electron chi connectivity index (χ1n) is 9.57. The van der Waals surface area contributed by atoms with Gasteiger partial charge in [-0.05, 0) is 49.6 Å². The van der Waals surface area contributed by atoms with E-state index in [9.17, 15) is 21.6 Å². The Balaban J connectivity index is 1.89. The van der Waals surface area contributed by atoms with Gasteiger partial charge in [-0.25, -0.2) is 16.8 Å². The zero-order valence-electron chi connectivity index (χ0n) is 16.9. The van der Waals surface area contributed by atoms with Gasteiger partial charge in [-0.2, -0.15) is 4.31 Å². The number of carbonyl (C=O) groups excluding carboxylic acids is 1. The zero-order chi connectivity index (χ0) is 21.9. The van der Waals surface area contributed by atoms with Crippen LogP contribution in [0, 0.1) is 6.92 Å². The number of carbonyl (C=O) groups is 1. The molecule has 0 aliphatic carbocycles. The normalized spacial score (nSPS) is 15.5. The zero-order valence-corrected chi connectivity index (χ0v) is 18.5. The number of aryl methyl sites for hydroxylation is 1. The number of sulfonamides is 2. The third-order valence-electron chi connectivity index (χ3n) is 4.86. The van der Waals surface area contributed by atoms with E-state index in [-0.39, 0.29) is 10.5 Å². The number of anilines is 2. The smallest absolute Gasteiger partial charge is 0.257 e. The predicted molar refractivity (Wildman–Crippen MR) is 117 cm³/mol. The van der Waals surface area contributed by atoms with Crippen molar-refractivity contribution in [3.63, 3.8) is 0 Å². The summed E-state index contributed by atoms with van der Waals surface area (Å²) in [6.07, 6.45) is 3.63. The Morgan fingerprint density at radius 2 is 1.63 bits per heavy atom. The summed E-state index contributed by atoms with van der Waals surface area (Å²) in [6.45, 7) is 2.62. The summed E-state index contributed by atoms with van der Waals surface area (Å²) in [6, 6.07) is 10.9. The number of nitrogens with zero attached hydrogens (tertiary/aromatic N) is 1. The van der Waals surface area contributed by atoms with E-state index in [1.807, 2.05) is 0 Å². The molecule has 1 saturated heterocycles. The van der Waals surface area contributed by atoms with E-state index in [1.165, 1.54) is 22.5 Å². The summed E-state index contributed by atoms with van der Waals surface area (Å²) in [5.74, 6) is -0.583. The van der Waals surface area contributed by atoms with Crippen molar-refractivity contribution >= 4 is 37.3 Å². The van der Waals surface area contributed by atoms with Crippen LogP contribution in [-0.2, 0) is 20.0 Å². The first-order chi connectivity index (χ1) is 14.1. The molecule has 0 radical (unpaired) electrons. The molecule has 8 nitrogen and oxygen atoms in total. The first-order valence-corrected chi connectivity index (χ1v) is 12.9. The molecule has 0 saturated carbocycles. The molecule has 1 fully saturated rings. The molecule has 1 aliphatic heterocycles. The first kappa shape index (κ1) is 22.3. The number of benzene rings is 2. The highest BCUT2D eigenvalue weighted by molar-refractivity contribution is 7.92. The average Bonchev–Trinajstić information content (AvgIpc) is 2.70. The number of rotatable bonds is 6. The third kappa shape index (κ3) is 5.18. The number of hydrogen-bond donors (Lipinski definition) is 2. The molecular weight excluding hydrogens is 426 g/mol. The lowest BCUT2D eigenvalue weighted by molar-refractivity contribution is 0.102. The van der Waals surface area contributed by atoms with Crippen molar-refractivity contribution in [2.75, 3.05) is 29.4 Å². The van der Waals surface area contributed by atoms with Gasteiger partial charge in [-0.3, -0.25) is 9.52 Å². The second-order valence-electron chi connectivity index (χ2n) is 7.32. The summed E-state index contributed by atoms with van der Waals surface area (Å²) in [4.78, 5) is 12.9. The van der Waals surface area contributed by atoms with E-state index >= 15 is 0 Å². The topological polar surface area (TPSA) is 113 Å². The fraction of sp³-hybridized carbons (Fsp3) is 0.350. The lowest BCUT2D eigenvalue weighted by atomic mass is 10.1. The van der Waals surface area contributed by atoms with E-state index in [4.69, 9.17) is 0 Å². The minimum atomic E-state index is -3.79. The molecular formula is C20H25N3O5S2. The van der Waals surface area contributed by atoms with Gasteiger partial charge in [0.2, 0.25) is 20.0 Å². The molecule has 0 unspecified atom stereocenters. The van der Waals surface area contributed by atoms with Gasteiger partial charge in [0.1, 0.15) is 0 Å². The molecule has 2 N–H and O–H groups in total. The Kier molecular flexibility index (Phi) is 6.49. The van der Waals surface area contributed by atoms with Crippen LogP contribution in [0.15, 0.2) is 47.4 Å². The quantitative estimate of drug-likeness (QED) is 0.701. The van der Waals surface area contributed by atoms with E-state index in [0.717, 1.165) is 25.5 Å². The van der Waals surface area contributed by atoms with Crippen molar-refractivity contribution in [3.05, 3.63) is 53.6 Å². The number of amides is 1. The SMILES string of the molecule is Cc1ccc(NC(=O)c2ccccc2S(=O)(=O)N2CCCCC2)cc1NS(C)(=O)=O. The maximum atomic E-state index is 13.1. The highest BCUT2D eigenvalue weighted by atomic mass is 32.2. The minimum Gasteiger partial charge on any atom is -0.322 e. The highest BCUT2D eigenvalue weighted by Gasteiger charge is 2.29. The molecule has 1 amide bonds. The monoisotopic (exact) mass is 451 g/mol. The summed E-state index contributed by atoms with van der Waals surface area (Å²) in [5, 5.41) is 2.67. The van der Waals surface area contributed by atoms with E-state index in [2.05, 4.69) is 10.0 Å². The fourth-order valence-electron chi connectivity index (χ4n) is 3.33. The molecule has 3 rings (SSSR count). The summed E-state index contributed by atoms with van der Waals surface area (Å²) in [5.41, 5.74) is 1.42. The molecule has 2 aromatic carbocycles. The van der Waals surface area contributed by atoms with Crippen molar-refractivity contribution in [2.45, 2.75) is 31.1 Å². The largest absolute Gasteiger partial charge is 0.322 e. The van der Waals surface area contributed by atoms with Crippen LogP contribution in [0.5, 0.6) is 0 Å². The standard InChI is InChI=1S/C20H25N3O5S2/c1-15-10-11-16(14-18(15)22-29(2,25)26)21-20(24)17-8-4-5-9-19(17)30(27,28)23-12-6-3-7-13-23/h4-5,8-11,14,22H,3,6-7,12-13H2,1-2H3,(H,21,24). The van der Waals surface area contributed by atoms with Gasteiger partial charge in [0.15, 0.2) is 0 Å². The minimum absolute atomic E-state index is 0.0361. The molecule has 162 valence electrons. The predicted octanol–water partition coefficient (Wildman–Crippen LogP) is 2.79. The second kappa shape index (κ2) is 8.75. The number of nitrogens with one attached hydrogen (secondary N) is 2. The van der Waals surface area contributed by atoms with Crippen LogP contribution in [-0.4, -0.2) is 46.4 Å². The maximum Gasteiger partial charge on any atom is 0.257 e. The Labute approximate surface area is 177 Å². The lowest BCUT2D eigenvalue weighted by Gasteiger charge is -2.26. The molecule has 1 aliphatic rings. The molecule has 30 heavy (non-hydrogen) atoms. The van der Waals surface area contributed by atoms with E-state index < -0.39 is 26.0 Å². The van der Waals surface area contributed by atoms with Crippen LogP contribution in [0.4, 0.5) is 11.4 Å². The summed E-state index contributed by atoms with van der Waals surface area (Å²) in [7, 11) is -7.27. The highest BCUT2D eigenvalue weighted by Crippen LogP contribution is 2.26.